The molecule has 4 aromatic rings. The molecule has 11 heteroatoms. The van der Waals surface area contributed by atoms with Gasteiger partial charge in [0, 0.05) is 30.4 Å². The van der Waals surface area contributed by atoms with E-state index in [1.165, 1.54) is 34.9 Å². The van der Waals surface area contributed by atoms with E-state index in [1.807, 2.05) is 48.5 Å². The lowest BCUT2D eigenvalue weighted by Crippen LogP contribution is -2.47. The van der Waals surface area contributed by atoms with E-state index in [1.54, 1.807) is 39.1 Å². The van der Waals surface area contributed by atoms with Crippen LogP contribution < -0.4 is 16.0 Å². The summed E-state index contributed by atoms with van der Waals surface area (Å²) in [4.78, 5) is 53.0. The van der Waals surface area contributed by atoms with Crippen molar-refractivity contribution < 1.29 is 28.3 Å². The largest absolute Gasteiger partial charge is 0.449 e. The number of fused-ring (bicyclic) bond motifs is 3. The molecule has 1 saturated heterocycles. The number of hydrogen-bond acceptors (Lipinski definition) is 6. The maximum absolute atomic E-state index is 15.6. The normalized spacial score (nSPS) is 17.1. The van der Waals surface area contributed by atoms with Crippen molar-refractivity contribution in [2.24, 2.45) is 0 Å². The van der Waals surface area contributed by atoms with Crippen LogP contribution in [-0.2, 0) is 14.3 Å². The minimum absolute atomic E-state index is 0.0325. The summed E-state index contributed by atoms with van der Waals surface area (Å²) in [5.41, 5.74) is 3.60. The van der Waals surface area contributed by atoms with Crippen LogP contribution in [0.25, 0.3) is 16.8 Å². The molecule has 0 bridgehead atoms. The summed E-state index contributed by atoms with van der Waals surface area (Å²) in [6, 6.07) is 24.5. The number of alkyl carbamates (subject to hydrolysis) is 1. The van der Waals surface area contributed by atoms with Gasteiger partial charge in [0.1, 0.15) is 18.2 Å². The Morgan fingerprint density at radius 2 is 1.51 bits per heavy atom. The van der Waals surface area contributed by atoms with Gasteiger partial charge in [-0.1, -0.05) is 59.1 Å². The van der Waals surface area contributed by atoms with Crippen LogP contribution >= 0.6 is 0 Å². The lowest BCUT2D eigenvalue weighted by Gasteiger charge is -2.28. The number of carbonyl (C=O) groups is 3. The van der Waals surface area contributed by atoms with E-state index in [2.05, 4.69) is 5.32 Å². The Morgan fingerprint density at radius 1 is 0.894 bits per heavy atom. The van der Waals surface area contributed by atoms with Gasteiger partial charge in [0.15, 0.2) is 0 Å². The minimum atomic E-state index is -1.26. The predicted octanol–water partition coefficient (Wildman–Crippen LogP) is 5.97. The second-order valence-corrected chi connectivity index (χ2v) is 12.6. The van der Waals surface area contributed by atoms with Crippen LogP contribution in [0.5, 0.6) is 0 Å². The number of halogens is 1. The summed E-state index contributed by atoms with van der Waals surface area (Å²) < 4.78 is 28.2. The van der Waals surface area contributed by atoms with E-state index in [4.69, 9.17) is 9.47 Å². The van der Waals surface area contributed by atoms with Gasteiger partial charge >= 0.3 is 12.2 Å². The van der Waals surface area contributed by atoms with Crippen molar-refractivity contribution >= 4 is 23.8 Å². The first-order valence-corrected chi connectivity index (χ1v) is 15.4. The molecule has 0 spiro atoms. The number of amides is 3. The molecule has 10 nitrogen and oxygen atoms in total. The van der Waals surface area contributed by atoms with E-state index >= 15 is 4.48 Å². The molecule has 1 N–H and O–H groups in total. The number of likely N-dealkylation sites (tertiary alicyclic amines) is 1. The van der Waals surface area contributed by atoms with Gasteiger partial charge < -0.3 is 14.8 Å². The van der Waals surface area contributed by atoms with Crippen molar-refractivity contribution in [3.63, 3.8) is 0 Å². The topological polar surface area (TPSA) is 110 Å². The first kappa shape index (κ1) is 31.5. The highest BCUT2D eigenvalue weighted by atomic mass is 19.2. The van der Waals surface area contributed by atoms with Crippen molar-refractivity contribution in [3.8, 4) is 16.8 Å². The van der Waals surface area contributed by atoms with Crippen molar-refractivity contribution in [2.75, 3.05) is 18.3 Å². The minimum Gasteiger partial charge on any atom is -0.449 e. The third-order valence-electron chi connectivity index (χ3n) is 8.25. The van der Waals surface area contributed by atoms with Crippen LogP contribution in [-0.4, -0.2) is 58.4 Å². The number of rotatable bonds is 6. The number of hydrogen-bond donors (Lipinski definition) is 1. The van der Waals surface area contributed by atoms with Crippen LogP contribution in [0.4, 0.5) is 19.8 Å². The first-order chi connectivity index (χ1) is 22.5. The van der Waals surface area contributed by atoms with Gasteiger partial charge in [0.2, 0.25) is 0 Å². The monoisotopic (exact) mass is 638 g/mol. The molecule has 2 aliphatic rings. The maximum atomic E-state index is 15.6. The number of anilines is 1. The molecule has 47 heavy (non-hydrogen) atoms. The number of aromatic nitrogens is 1. The summed E-state index contributed by atoms with van der Waals surface area (Å²) >= 11 is 0. The van der Waals surface area contributed by atoms with Gasteiger partial charge in [-0.15, -0.1) is 5.12 Å². The second kappa shape index (κ2) is 12.7. The van der Waals surface area contributed by atoms with Crippen molar-refractivity contribution in [2.45, 2.75) is 50.8 Å². The zero-order valence-corrected chi connectivity index (χ0v) is 26.3. The molecule has 242 valence electrons. The fourth-order valence-electron chi connectivity index (χ4n) is 6.15. The maximum Gasteiger partial charge on any atom is 0.411 e. The summed E-state index contributed by atoms with van der Waals surface area (Å²) in [5.74, 6) is -1.14. The number of pyridine rings is 1. The Labute approximate surface area is 271 Å². The Balaban J connectivity index is 1.14. The Bertz CT molecular complexity index is 1820. The highest BCUT2D eigenvalue weighted by molar-refractivity contribution is 5.97. The van der Waals surface area contributed by atoms with Crippen LogP contribution in [0.2, 0.25) is 0 Å². The second-order valence-electron chi connectivity index (χ2n) is 12.6. The molecule has 2 heterocycles. The molecule has 1 fully saturated rings. The molecule has 3 amide bonds. The van der Waals surface area contributed by atoms with Crippen molar-refractivity contribution in [1.82, 2.24) is 14.8 Å². The first-order valence-electron chi connectivity index (χ1n) is 15.4. The number of benzene rings is 3. The third-order valence-corrected chi connectivity index (χ3v) is 8.25. The summed E-state index contributed by atoms with van der Waals surface area (Å²) in [5, 5.41) is 2.72. The Hall–Kier alpha value is -5.45. The molecule has 1 aliphatic carbocycles. The summed E-state index contributed by atoms with van der Waals surface area (Å²) in [6.07, 6.45) is 0.00875. The highest BCUT2D eigenvalue weighted by Crippen LogP contribution is 2.44. The zero-order valence-electron chi connectivity index (χ0n) is 26.3. The highest BCUT2D eigenvalue weighted by Gasteiger charge is 2.44. The van der Waals surface area contributed by atoms with E-state index in [-0.39, 0.29) is 41.9 Å². The quantitative estimate of drug-likeness (QED) is 0.261. The number of carbonyl (C=O) groups excluding carboxylic acids is 3. The van der Waals surface area contributed by atoms with E-state index in [9.17, 15) is 19.2 Å². The molecular formula is C36H35FN4O6. The van der Waals surface area contributed by atoms with Gasteiger partial charge in [-0.25, -0.2) is 9.59 Å². The molecule has 0 radical (unpaired) electrons. The predicted molar refractivity (Wildman–Crippen MR) is 174 cm³/mol. The SMILES string of the molecule is CC(C)(C)OC(=O)N1C[C@@H](NC(=O)OCC2c3ccccc3-c3ccccc32)C[C@H]1C(=O)N(F)c1ccc(-n2ccccc2=O)cc1. The lowest BCUT2D eigenvalue weighted by atomic mass is 9.98. The number of ether oxygens (including phenoxy) is 2. The zero-order chi connectivity index (χ0) is 33.3. The summed E-state index contributed by atoms with van der Waals surface area (Å²) in [6.45, 7) is 5.06. The smallest absolute Gasteiger partial charge is 0.411 e. The Kier molecular flexibility index (Phi) is 8.55. The molecule has 2 atom stereocenters. The van der Waals surface area contributed by atoms with Crippen LogP contribution in [0, 0.1) is 0 Å². The van der Waals surface area contributed by atoms with E-state index < -0.39 is 35.8 Å². The third kappa shape index (κ3) is 6.60. The average Bonchev–Trinajstić information content (AvgIpc) is 3.62. The molecule has 1 aliphatic heterocycles. The molecule has 0 unspecified atom stereocenters. The van der Waals surface area contributed by atoms with Crippen LogP contribution in [0.15, 0.2) is 102 Å². The van der Waals surface area contributed by atoms with Gasteiger partial charge in [0.05, 0.1) is 11.7 Å². The van der Waals surface area contributed by atoms with Gasteiger partial charge in [-0.3, -0.25) is 19.1 Å². The van der Waals surface area contributed by atoms with Crippen molar-refractivity contribution in [1.29, 1.82) is 0 Å². The van der Waals surface area contributed by atoms with E-state index in [0.29, 0.717) is 5.69 Å². The van der Waals surface area contributed by atoms with E-state index in [0.717, 1.165) is 27.2 Å². The molecule has 3 aromatic carbocycles. The number of nitrogens with zero attached hydrogens (tertiary/aromatic N) is 3. The average molecular weight is 639 g/mol. The van der Waals surface area contributed by atoms with Crippen LogP contribution in [0.3, 0.4) is 0 Å². The lowest BCUT2D eigenvalue weighted by molar-refractivity contribution is -0.125. The van der Waals surface area contributed by atoms with Crippen LogP contribution in [0.1, 0.15) is 44.2 Å². The molecular weight excluding hydrogens is 603 g/mol. The van der Waals surface area contributed by atoms with Gasteiger partial charge in [0.25, 0.3) is 11.5 Å². The van der Waals surface area contributed by atoms with Gasteiger partial charge in [-0.05, 0) is 79.8 Å². The standard InChI is InChI=1S/C36H35FN4O6/c1-36(2,3)47-35(45)40-21-23(38-34(44)46-22-30-28-12-6-4-10-26(28)27-11-5-7-13-29(27)30)20-31(40)33(43)41(37)25-17-15-24(16-18-25)39-19-9-8-14-32(39)42/h4-19,23,30-31H,20-22H2,1-3H3,(H,38,44)/t23-,31-/m0/s1. The molecule has 1 aromatic heterocycles. The van der Waals surface area contributed by atoms with Crippen molar-refractivity contribution in [3.05, 3.63) is 119 Å². The fourth-order valence-corrected chi connectivity index (χ4v) is 6.15. The molecule has 0 saturated carbocycles. The van der Waals surface area contributed by atoms with Gasteiger partial charge in [-0.2, -0.15) is 0 Å². The molecule has 6 rings (SSSR count). The number of nitrogens with one attached hydrogen (secondary N) is 1. The summed E-state index contributed by atoms with van der Waals surface area (Å²) in [7, 11) is 0. The Morgan fingerprint density at radius 3 is 2.13 bits per heavy atom. The fraction of sp³-hybridized carbons (Fsp3) is 0.278.